The highest BCUT2D eigenvalue weighted by molar-refractivity contribution is 6.34. The maximum Gasteiger partial charge on any atom is 0.707 e. The average Bonchev–Trinajstić information content (AvgIpc) is 1.99. The summed E-state index contributed by atoms with van der Waals surface area (Å²) < 4.78 is 17.3. The quantitative estimate of drug-likeness (QED) is 0.710. The van der Waals surface area contributed by atoms with Crippen LogP contribution in [-0.4, -0.2) is 17.4 Å². The summed E-state index contributed by atoms with van der Waals surface area (Å²) >= 11 is 5.66. The second kappa shape index (κ2) is 3.96. The fourth-order valence-electron chi connectivity index (χ4n) is 0.832. The van der Waals surface area contributed by atoms with Crippen molar-refractivity contribution < 1.29 is 19.1 Å². The standard InChI is InChI=1S/C7H7BClFO3/c1-4-2-6(10)7(3-5(4)9)13-8(11)12/h2-3,11-12H,1H3. The van der Waals surface area contributed by atoms with Gasteiger partial charge in [0.1, 0.15) is 5.75 Å². The molecule has 0 spiro atoms. The molecule has 1 rings (SSSR count). The maximum atomic E-state index is 13.0. The number of benzene rings is 1. The lowest BCUT2D eigenvalue weighted by molar-refractivity contribution is 0.281. The molecule has 13 heavy (non-hydrogen) atoms. The molecule has 0 heterocycles. The van der Waals surface area contributed by atoms with Gasteiger partial charge in [0.25, 0.3) is 0 Å². The van der Waals surface area contributed by atoms with Crippen molar-refractivity contribution in [1.82, 2.24) is 0 Å². The Morgan fingerprint density at radius 2 is 2.08 bits per heavy atom. The van der Waals surface area contributed by atoms with Gasteiger partial charge in [-0.3, -0.25) is 0 Å². The summed E-state index contributed by atoms with van der Waals surface area (Å²) in [5.41, 5.74) is 0.555. The molecule has 0 fully saturated rings. The van der Waals surface area contributed by atoms with Gasteiger partial charge in [-0.25, -0.2) is 4.39 Å². The topological polar surface area (TPSA) is 49.7 Å². The van der Waals surface area contributed by atoms with Crippen molar-refractivity contribution in [2.24, 2.45) is 0 Å². The normalized spacial score (nSPS) is 9.92. The van der Waals surface area contributed by atoms with Gasteiger partial charge in [0, 0.05) is 11.1 Å². The molecule has 1 aromatic rings. The van der Waals surface area contributed by atoms with E-state index in [1.165, 1.54) is 6.07 Å². The molecule has 6 heteroatoms. The minimum Gasteiger partial charge on any atom is -0.510 e. The number of hydrogen-bond acceptors (Lipinski definition) is 3. The van der Waals surface area contributed by atoms with Gasteiger partial charge in [0.15, 0.2) is 5.82 Å². The Morgan fingerprint density at radius 1 is 1.46 bits per heavy atom. The molecule has 0 saturated carbocycles. The van der Waals surface area contributed by atoms with E-state index in [0.717, 1.165) is 6.07 Å². The summed E-state index contributed by atoms with van der Waals surface area (Å²) in [4.78, 5) is 0. The minimum atomic E-state index is -2.05. The van der Waals surface area contributed by atoms with E-state index in [9.17, 15) is 4.39 Å². The van der Waals surface area contributed by atoms with Crippen LogP contribution in [0.3, 0.4) is 0 Å². The molecule has 0 saturated heterocycles. The first-order chi connectivity index (χ1) is 6.00. The van der Waals surface area contributed by atoms with Crippen molar-refractivity contribution in [2.45, 2.75) is 6.92 Å². The zero-order valence-electron chi connectivity index (χ0n) is 6.79. The molecule has 0 aliphatic rings. The lowest BCUT2D eigenvalue weighted by atomic mass is 10.2. The van der Waals surface area contributed by atoms with Crippen LogP contribution >= 0.6 is 11.6 Å². The first-order valence-corrected chi connectivity index (χ1v) is 3.87. The predicted octanol–water partition coefficient (Wildman–Crippen LogP) is 1.14. The van der Waals surface area contributed by atoms with Gasteiger partial charge in [0.05, 0.1) is 0 Å². The number of rotatable bonds is 2. The zero-order chi connectivity index (χ0) is 10.0. The van der Waals surface area contributed by atoms with Crippen LogP contribution in [0.4, 0.5) is 4.39 Å². The van der Waals surface area contributed by atoms with Crippen molar-refractivity contribution in [3.63, 3.8) is 0 Å². The number of halogens is 2. The van der Waals surface area contributed by atoms with Crippen molar-refractivity contribution in [3.05, 3.63) is 28.5 Å². The molecule has 70 valence electrons. The minimum absolute atomic E-state index is 0.286. The van der Waals surface area contributed by atoms with Gasteiger partial charge < -0.3 is 14.7 Å². The highest BCUT2D eigenvalue weighted by atomic mass is 35.5. The van der Waals surface area contributed by atoms with Gasteiger partial charge in [-0.15, -0.1) is 0 Å². The van der Waals surface area contributed by atoms with Crippen molar-refractivity contribution >= 4 is 18.9 Å². The molecule has 0 atom stereocenters. The SMILES string of the molecule is Cc1cc(F)c(OB(O)O)cc1Cl. The van der Waals surface area contributed by atoms with E-state index in [4.69, 9.17) is 21.6 Å². The summed E-state index contributed by atoms with van der Waals surface area (Å²) in [6, 6.07) is 2.34. The highest BCUT2D eigenvalue weighted by Gasteiger charge is 2.15. The van der Waals surface area contributed by atoms with Crippen LogP contribution in [0.5, 0.6) is 5.75 Å². The summed E-state index contributed by atoms with van der Waals surface area (Å²) in [5.74, 6) is -0.972. The molecule has 0 radical (unpaired) electrons. The molecule has 0 unspecified atom stereocenters. The molecule has 3 nitrogen and oxygen atoms in total. The van der Waals surface area contributed by atoms with Crippen LogP contribution in [0.15, 0.2) is 12.1 Å². The molecule has 0 aliphatic carbocycles. The maximum absolute atomic E-state index is 13.0. The van der Waals surface area contributed by atoms with E-state index < -0.39 is 13.1 Å². The highest BCUT2D eigenvalue weighted by Crippen LogP contribution is 2.25. The molecule has 1 aromatic carbocycles. The number of hydrogen-bond donors (Lipinski definition) is 2. The van der Waals surface area contributed by atoms with E-state index in [0.29, 0.717) is 10.6 Å². The van der Waals surface area contributed by atoms with E-state index in [1.54, 1.807) is 6.92 Å². The third-order valence-electron chi connectivity index (χ3n) is 1.45. The van der Waals surface area contributed by atoms with Crippen molar-refractivity contribution in [3.8, 4) is 5.75 Å². The van der Waals surface area contributed by atoms with E-state index in [2.05, 4.69) is 4.65 Å². The van der Waals surface area contributed by atoms with Crippen molar-refractivity contribution in [2.75, 3.05) is 0 Å². The lowest BCUT2D eigenvalue weighted by Gasteiger charge is -2.07. The fourth-order valence-corrected chi connectivity index (χ4v) is 0.986. The van der Waals surface area contributed by atoms with Gasteiger partial charge in [-0.2, -0.15) is 0 Å². The van der Waals surface area contributed by atoms with Crippen LogP contribution in [-0.2, 0) is 0 Å². The van der Waals surface area contributed by atoms with Crippen LogP contribution < -0.4 is 4.65 Å². The molecule has 0 bridgehead atoms. The third kappa shape index (κ3) is 2.58. The largest absolute Gasteiger partial charge is 0.707 e. The third-order valence-corrected chi connectivity index (χ3v) is 1.85. The number of aryl methyl sites for hydroxylation is 1. The van der Waals surface area contributed by atoms with Gasteiger partial charge in [-0.05, 0) is 18.6 Å². The van der Waals surface area contributed by atoms with E-state index in [-0.39, 0.29) is 5.75 Å². The zero-order valence-corrected chi connectivity index (χ0v) is 7.55. The molecule has 0 aromatic heterocycles. The molecule has 0 aliphatic heterocycles. The first kappa shape index (κ1) is 10.3. The summed E-state index contributed by atoms with van der Waals surface area (Å²) in [7, 11) is -2.05. The Balaban J connectivity index is 3.01. The van der Waals surface area contributed by atoms with Gasteiger partial charge in [0.2, 0.25) is 0 Å². The first-order valence-electron chi connectivity index (χ1n) is 3.49. The fraction of sp³-hybridized carbons (Fsp3) is 0.143. The molecule has 0 amide bonds. The van der Waals surface area contributed by atoms with Crippen LogP contribution in [0.25, 0.3) is 0 Å². The second-order valence-corrected chi connectivity index (χ2v) is 2.88. The van der Waals surface area contributed by atoms with Crippen LogP contribution in [0.2, 0.25) is 5.02 Å². The van der Waals surface area contributed by atoms with Gasteiger partial charge in [-0.1, -0.05) is 11.6 Å². The predicted molar refractivity (Wildman–Crippen MR) is 47.0 cm³/mol. The summed E-state index contributed by atoms with van der Waals surface area (Å²) in [6.45, 7) is 1.63. The Morgan fingerprint density at radius 3 is 2.62 bits per heavy atom. The summed E-state index contributed by atoms with van der Waals surface area (Å²) in [6.07, 6.45) is 0. The van der Waals surface area contributed by atoms with Crippen molar-refractivity contribution in [1.29, 1.82) is 0 Å². The lowest BCUT2D eigenvalue weighted by Crippen LogP contribution is -2.21. The van der Waals surface area contributed by atoms with Crippen LogP contribution in [0.1, 0.15) is 5.56 Å². The summed E-state index contributed by atoms with van der Waals surface area (Å²) in [5, 5.41) is 17.1. The average molecular weight is 204 g/mol. The molecular formula is C7H7BClFO3. The Bertz CT molecular complexity index is 319. The smallest absolute Gasteiger partial charge is 0.510 e. The Labute approximate surface area is 79.9 Å². The van der Waals surface area contributed by atoms with Crippen LogP contribution in [0, 0.1) is 12.7 Å². The Kier molecular flexibility index (Phi) is 3.14. The van der Waals surface area contributed by atoms with E-state index >= 15 is 0 Å². The molecule has 2 N–H and O–H groups in total. The van der Waals surface area contributed by atoms with Gasteiger partial charge >= 0.3 is 7.32 Å². The molecular weight excluding hydrogens is 197 g/mol. The monoisotopic (exact) mass is 204 g/mol. The Hall–Kier alpha value is -0.775. The second-order valence-electron chi connectivity index (χ2n) is 2.48. The van der Waals surface area contributed by atoms with E-state index in [1.807, 2.05) is 0 Å².